The molecule has 1 saturated carbocycles. The van der Waals surface area contributed by atoms with E-state index in [-0.39, 0.29) is 5.04 Å². The molecule has 2 aliphatic rings. The van der Waals surface area contributed by atoms with Crippen molar-refractivity contribution < 1.29 is 4.43 Å². The minimum absolute atomic E-state index is 0.285. The minimum Gasteiger partial charge on any atom is -0.417 e. The number of hydrogen-bond donors (Lipinski definition) is 0. The second kappa shape index (κ2) is 7.91. The molecule has 4 atom stereocenters. The van der Waals surface area contributed by atoms with Gasteiger partial charge in [-0.05, 0) is 90.1 Å². The molecule has 2 nitrogen and oxygen atoms in total. The first-order chi connectivity index (χ1) is 14.1. The Morgan fingerprint density at radius 3 is 2.70 bits per heavy atom. The van der Waals surface area contributed by atoms with Gasteiger partial charge in [-0.2, -0.15) is 0 Å². The molecule has 162 valence electrons. The summed E-state index contributed by atoms with van der Waals surface area (Å²) in [5.74, 6) is 2.06. The van der Waals surface area contributed by atoms with Crippen LogP contribution in [0.1, 0.15) is 64.9 Å². The first-order valence-electron chi connectivity index (χ1n) is 11.8. The molecule has 2 aromatic rings. The lowest BCUT2D eigenvalue weighted by atomic mass is 9.62. The first-order valence-corrected chi connectivity index (χ1v) is 14.7. The number of allylic oxidation sites excluding steroid dienone is 2. The highest BCUT2D eigenvalue weighted by atomic mass is 28.4. The average molecular weight is 422 g/mol. The number of rotatable bonds is 5. The maximum atomic E-state index is 6.54. The van der Waals surface area contributed by atoms with Crippen LogP contribution in [-0.2, 0) is 4.43 Å². The Labute approximate surface area is 184 Å². The molecule has 0 unspecified atom stereocenters. The van der Waals surface area contributed by atoms with Crippen LogP contribution >= 0.6 is 0 Å². The maximum Gasteiger partial charge on any atom is 0.191 e. The van der Waals surface area contributed by atoms with E-state index in [9.17, 15) is 0 Å². The molecule has 0 radical (unpaired) electrons. The van der Waals surface area contributed by atoms with Crippen molar-refractivity contribution in [1.29, 1.82) is 0 Å². The van der Waals surface area contributed by atoms with Gasteiger partial charge in [0.2, 0.25) is 0 Å². The van der Waals surface area contributed by atoms with E-state index in [1.54, 1.807) is 0 Å². The van der Waals surface area contributed by atoms with Crippen molar-refractivity contribution >= 4 is 19.1 Å². The number of benzene rings is 1. The Morgan fingerprint density at radius 2 is 1.93 bits per heavy atom. The third-order valence-electron chi connectivity index (χ3n) is 8.65. The Bertz CT molecular complexity index is 928. The molecule has 1 aromatic carbocycles. The Kier molecular flexibility index (Phi) is 5.74. The zero-order chi connectivity index (χ0) is 21.6. The smallest absolute Gasteiger partial charge is 0.191 e. The van der Waals surface area contributed by atoms with Gasteiger partial charge in [0.25, 0.3) is 0 Å². The summed E-state index contributed by atoms with van der Waals surface area (Å²) >= 11 is 0. The average Bonchev–Trinajstić information content (AvgIpc) is 3.04. The zero-order valence-electron chi connectivity index (χ0n) is 19.7. The molecule has 1 fully saturated rings. The number of hydrogen-bond acceptors (Lipinski definition) is 2. The Balaban J connectivity index is 1.49. The zero-order valence-corrected chi connectivity index (χ0v) is 20.7. The van der Waals surface area contributed by atoms with Crippen molar-refractivity contribution in [2.45, 2.75) is 77.4 Å². The van der Waals surface area contributed by atoms with Gasteiger partial charge in [0.05, 0.1) is 0 Å². The van der Waals surface area contributed by atoms with Crippen LogP contribution in [0.3, 0.4) is 0 Å². The summed E-state index contributed by atoms with van der Waals surface area (Å²) in [6, 6.07) is 9.16. The standard InChI is InChI=1S/C27H39NOSi/c1-26(2,3)30(5,6)29-17-14-21-8-7-15-27(4)24(21)11-12-25(27)22-10-9-20-13-16-28-19-23(20)18-22/h7-10,13,16,18-19,21,24-25H,11-12,14-15,17H2,1-6H3/t21-,24-,25+,27-/m0/s1. The van der Waals surface area contributed by atoms with Crippen molar-refractivity contribution in [3.8, 4) is 0 Å². The van der Waals surface area contributed by atoms with Crippen LogP contribution < -0.4 is 0 Å². The van der Waals surface area contributed by atoms with E-state index in [0.29, 0.717) is 17.3 Å². The van der Waals surface area contributed by atoms with Gasteiger partial charge in [-0.25, -0.2) is 0 Å². The SMILES string of the molecule is CC(C)(C)[Si](C)(C)OCC[C@@H]1C=CC[C@]2(C)[C@@H](c3ccc4ccncc4c3)CC[C@@H]12. The van der Waals surface area contributed by atoms with Gasteiger partial charge >= 0.3 is 0 Å². The van der Waals surface area contributed by atoms with Crippen molar-refractivity contribution in [1.82, 2.24) is 4.98 Å². The second-order valence-electron chi connectivity index (χ2n) is 11.4. The highest BCUT2D eigenvalue weighted by Gasteiger charge is 2.50. The van der Waals surface area contributed by atoms with E-state index >= 15 is 0 Å². The molecule has 0 amide bonds. The van der Waals surface area contributed by atoms with Crippen molar-refractivity contribution in [3.05, 3.63) is 54.4 Å². The van der Waals surface area contributed by atoms with E-state index in [0.717, 1.165) is 18.9 Å². The lowest BCUT2D eigenvalue weighted by molar-refractivity contribution is 0.131. The van der Waals surface area contributed by atoms with Crippen LogP contribution in [0.2, 0.25) is 18.1 Å². The van der Waals surface area contributed by atoms with E-state index in [1.807, 2.05) is 12.4 Å². The van der Waals surface area contributed by atoms with E-state index in [4.69, 9.17) is 4.43 Å². The quantitative estimate of drug-likeness (QED) is 0.364. The van der Waals surface area contributed by atoms with Crippen LogP contribution in [-0.4, -0.2) is 19.9 Å². The Morgan fingerprint density at radius 1 is 1.13 bits per heavy atom. The molecule has 0 aliphatic heterocycles. The molecular formula is C27H39NOSi. The lowest BCUT2D eigenvalue weighted by Gasteiger charge is -2.43. The number of fused-ring (bicyclic) bond motifs is 2. The third-order valence-corrected chi connectivity index (χ3v) is 13.2. The highest BCUT2D eigenvalue weighted by Crippen LogP contribution is 2.60. The Hall–Kier alpha value is -1.45. The van der Waals surface area contributed by atoms with E-state index < -0.39 is 8.32 Å². The highest BCUT2D eigenvalue weighted by molar-refractivity contribution is 6.74. The molecule has 0 N–H and O–H groups in total. The van der Waals surface area contributed by atoms with Crippen LogP contribution in [0.25, 0.3) is 10.8 Å². The summed E-state index contributed by atoms with van der Waals surface area (Å²) in [6.07, 6.45) is 13.9. The van der Waals surface area contributed by atoms with Gasteiger partial charge in [-0.1, -0.05) is 52.0 Å². The summed E-state index contributed by atoms with van der Waals surface area (Å²) in [5.41, 5.74) is 1.86. The fourth-order valence-corrected chi connectivity index (χ4v) is 6.78. The second-order valence-corrected chi connectivity index (χ2v) is 16.2. The van der Waals surface area contributed by atoms with Crippen LogP contribution in [0.5, 0.6) is 0 Å². The molecule has 30 heavy (non-hydrogen) atoms. The van der Waals surface area contributed by atoms with Crippen molar-refractivity contribution in [2.24, 2.45) is 17.3 Å². The van der Waals surface area contributed by atoms with Gasteiger partial charge in [0.15, 0.2) is 8.32 Å². The predicted octanol–water partition coefficient (Wildman–Crippen LogP) is 7.72. The van der Waals surface area contributed by atoms with Gasteiger partial charge in [0.1, 0.15) is 0 Å². The molecule has 1 heterocycles. The summed E-state index contributed by atoms with van der Waals surface area (Å²) < 4.78 is 6.54. The predicted molar refractivity (Wildman–Crippen MR) is 130 cm³/mol. The largest absolute Gasteiger partial charge is 0.417 e. The van der Waals surface area contributed by atoms with Crippen LogP contribution in [0, 0.1) is 17.3 Å². The molecule has 0 saturated heterocycles. The summed E-state index contributed by atoms with van der Waals surface area (Å²) in [5, 5.41) is 2.85. The monoisotopic (exact) mass is 421 g/mol. The van der Waals surface area contributed by atoms with Gasteiger partial charge in [0, 0.05) is 24.4 Å². The summed E-state index contributed by atoms with van der Waals surface area (Å²) in [6.45, 7) is 15.2. The minimum atomic E-state index is -1.66. The fraction of sp³-hybridized carbons (Fsp3) is 0.593. The maximum absolute atomic E-state index is 6.54. The van der Waals surface area contributed by atoms with E-state index in [2.05, 4.69) is 82.2 Å². The molecule has 0 bridgehead atoms. The van der Waals surface area contributed by atoms with Crippen molar-refractivity contribution in [3.63, 3.8) is 0 Å². The molecule has 2 aliphatic carbocycles. The number of nitrogens with zero attached hydrogens (tertiary/aromatic N) is 1. The molecule has 1 aromatic heterocycles. The molecule has 4 rings (SSSR count). The fourth-order valence-electron chi connectivity index (χ4n) is 5.72. The van der Waals surface area contributed by atoms with Crippen LogP contribution in [0.4, 0.5) is 0 Å². The lowest BCUT2D eigenvalue weighted by Crippen LogP contribution is -2.41. The van der Waals surface area contributed by atoms with Gasteiger partial charge in [-0.3, -0.25) is 4.98 Å². The molecule has 3 heteroatoms. The molecule has 0 spiro atoms. The molecular weight excluding hydrogens is 382 g/mol. The summed E-state index contributed by atoms with van der Waals surface area (Å²) in [7, 11) is -1.66. The summed E-state index contributed by atoms with van der Waals surface area (Å²) in [4.78, 5) is 4.34. The normalized spacial score (nSPS) is 29.3. The number of aromatic nitrogens is 1. The first kappa shape index (κ1) is 21.8. The van der Waals surface area contributed by atoms with E-state index in [1.165, 1.54) is 35.6 Å². The van der Waals surface area contributed by atoms with Gasteiger partial charge < -0.3 is 4.43 Å². The van der Waals surface area contributed by atoms with Crippen molar-refractivity contribution in [2.75, 3.05) is 6.61 Å². The third kappa shape index (κ3) is 3.91. The van der Waals surface area contributed by atoms with Crippen LogP contribution in [0.15, 0.2) is 48.8 Å². The topological polar surface area (TPSA) is 22.1 Å². The number of pyridine rings is 1. The van der Waals surface area contributed by atoms with Gasteiger partial charge in [-0.15, -0.1) is 0 Å².